The lowest BCUT2D eigenvalue weighted by atomic mass is 9.96. The summed E-state index contributed by atoms with van der Waals surface area (Å²) >= 11 is 3.12. The maximum absolute atomic E-state index is 5.81. The fourth-order valence-electron chi connectivity index (χ4n) is 2.01. The Morgan fingerprint density at radius 1 is 1.40 bits per heavy atom. The van der Waals surface area contributed by atoms with Crippen molar-refractivity contribution in [3.05, 3.63) is 22.4 Å². The summed E-state index contributed by atoms with van der Waals surface area (Å²) in [5.41, 5.74) is -0.00422. The maximum Gasteiger partial charge on any atom is 0.205 e. The highest BCUT2D eigenvalue weighted by atomic mass is 32.1. The molecule has 0 amide bonds. The Bertz CT molecular complexity index is 561. The summed E-state index contributed by atoms with van der Waals surface area (Å²) in [4.78, 5) is 11.3. The van der Waals surface area contributed by atoms with E-state index >= 15 is 0 Å². The van der Waals surface area contributed by atoms with Gasteiger partial charge in [-0.1, -0.05) is 20.8 Å². The SMILES string of the molecule is CC(C)(C)c1nsc(N2CCOC(c3nccs3)C2)n1. The number of morpholine rings is 1. The number of hydrogen-bond acceptors (Lipinski definition) is 7. The minimum Gasteiger partial charge on any atom is -0.367 e. The Morgan fingerprint density at radius 3 is 2.90 bits per heavy atom. The normalized spacial score (nSPS) is 20.4. The van der Waals surface area contributed by atoms with Crippen LogP contribution in [0.25, 0.3) is 0 Å². The maximum atomic E-state index is 5.81. The molecule has 1 aliphatic heterocycles. The van der Waals surface area contributed by atoms with Crippen LogP contribution in [0, 0.1) is 0 Å². The van der Waals surface area contributed by atoms with E-state index in [1.165, 1.54) is 11.5 Å². The number of rotatable bonds is 2. The van der Waals surface area contributed by atoms with Crippen molar-refractivity contribution in [2.24, 2.45) is 0 Å². The average molecular weight is 310 g/mol. The van der Waals surface area contributed by atoms with E-state index in [4.69, 9.17) is 4.74 Å². The molecular weight excluding hydrogens is 292 g/mol. The zero-order valence-electron chi connectivity index (χ0n) is 11.9. The third-order valence-corrected chi connectivity index (χ3v) is 4.79. The second kappa shape index (κ2) is 5.38. The predicted octanol–water partition coefficient (Wildman–Crippen LogP) is 2.87. The van der Waals surface area contributed by atoms with Crippen LogP contribution in [0.1, 0.15) is 37.7 Å². The van der Waals surface area contributed by atoms with Crippen molar-refractivity contribution in [2.45, 2.75) is 32.3 Å². The van der Waals surface area contributed by atoms with Gasteiger partial charge in [-0.25, -0.2) is 9.97 Å². The lowest BCUT2D eigenvalue weighted by Crippen LogP contribution is -2.38. The molecule has 1 atom stereocenters. The lowest BCUT2D eigenvalue weighted by Gasteiger charge is -2.31. The molecule has 5 nitrogen and oxygen atoms in total. The van der Waals surface area contributed by atoms with Gasteiger partial charge in [0.1, 0.15) is 16.9 Å². The van der Waals surface area contributed by atoms with E-state index in [1.54, 1.807) is 11.3 Å². The van der Waals surface area contributed by atoms with Gasteiger partial charge in [0.2, 0.25) is 5.13 Å². The Morgan fingerprint density at radius 2 is 2.25 bits per heavy atom. The number of aromatic nitrogens is 3. The molecule has 0 aliphatic carbocycles. The molecular formula is C13H18N4OS2. The summed E-state index contributed by atoms with van der Waals surface area (Å²) in [6.45, 7) is 8.77. The van der Waals surface area contributed by atoms with Crippen LogP contribution in [-0.2, 0) is 10.2 Å². The van der Waals surface area contributed by atoms with Gasteiger partial charge >= 0.3 is 0 Å². The van der Waals surface area contributed by atoms with Crippen LogP contribution in [0.15, 0.2) is 11.6 Å². The summed E-state index contributed by atoms with van der Waals surface area (Å²) in [5.74, 6) is 0.912. The molecule has 3 heterocycles. The zero-order valence-corrected chi connectivity index (χ0v) is 13.5. The number of anilines is 1. The first-order valence-electron chi connectivity index (χ1n) is 6.64. The van der Waals surface area contributed by atoms with Gasteiger partial charge in [-0.3, -0.25) is 0 Å². The van der Waals surface area contributed by atoms with Gasteiger partial charge in [-0.05, 0) is 0 Å². The highest BCUT2D eigenvalue weighted by molar-refractivity contribution is 7.10. The van der Waals surface area contributed by atoms with E-state index in [0.717, 1.165) is 29.1 Å². The quantitative estimate of drug-likeness (QED) is 0.853. The topological polar surface area (TPSA) is 51.1 Å². The van der Waals surface area contributed by atoms with Crippen LogP contribution in [0.4, 0.5) is 5.13 Å². The Hall–Kier alpha value is -1.05. The summed E-state index contributed by atoms with van der Waals surface area (Å²) < 4.78 is 10.3. The van der Waals surface area contributed by atoms with Crippen molar-refractivity contribution in [3.8, 4) is 0 Å². The molecule has 0 aromatic carbocycles. The molecule has 2 aromatic rings. The largest absolute Gasteiger partial charge is 0.367 e. The van der Waals surface area contributed by atoms with Gasteiger partial charge in [0.25, 0.3) is 0 Å². The van der Waals surface area contributed by atoms with Crippen molar-refractivity contribution >= 4 is 28.0 Å². The van der Waals surface area contributed by atoms with Crippen molar-refractivity contribution in [3.63, 3.8) is 0 Å². The van der Waals surface area contributed by atoms with Crippen molar-refractivity contribution in [1.82, 2.24) is 14.3 Å². The zero-order chi connectivity index (χ0) is 14.2. The average Bonchev–Trinajstić information content (AvgIpc) is 3.10. The van der Waals surface area contributed by atoms with Crippen molar-refractivity contribution < 1.29 is 4.74 Å². The number of ether oxygens (including phenoxy) is 1. The number of hydrogen-bond donors (Lipinski definition) is 0. The first-order valence-corrected chi connectivity index (χ1v) is 8.29. The summed E-state index contributed by atoms with van der Waals surface area (Å²) in [6, 6.07) is 0. The smallest absolute Gasteiger partial charge is 0.205 e. The van der Waals surface area contributed by atoms with Crippen molar-refractivity contribution in [2.75, 3.05) is 24.6 Å². The molecule has 20 heavy (non-hydrogen) atoms. The summed E-state index contributed by atoms with van der Waals surface area (Å²) in [6.07, 6.45) is 1.87. The van der Waals surface area contributed by atoms with Gasteiger partial charge in [-0.15, -0.1) is 11.3 Å². The third-order valence-electron chi connectivity index (χ3n) is 3.15. The number of thiazole rings is 1. The molecule has 0 radical (unpaired) electrons. The second-order valence-corrected chi connectivity index (χ2v) is 7.48. The van der Waals surface area contributed by atoms with Crippen LogP contribution in [0.2, 0.25) is 0 Å². The van der Waals surface area contributed by atoms with E-state index < -0.39 is 0 Å². The molecule has 1 saturated heterocycles. The predicted molar refractivity (Wildman–Crippen MR) is 81.6 cm³/mol. The molecule has 1 fully saturated rings. The van der Waals surface area contributed by atoms with E-state index in [1.807, 2.05) is 11.6 Å². The standard InChI is InChI=1S/C13H18N4OS2/c1-13(2,3)11-15-12(20-16-11)17-5-6-18-9(8-17)10-14-4-7-19-10/h4,7,9H,5-6,8H2,1-3H3. The van der Waals surface area contributed by atoms with E-state index in [0.29, 0.717) is 6.61 Å². The molecule has 1 unspecified atom stereocenters. The molecule has 0 saturated carbocycles. The Kier molecular flexibility index (Phi) is 3.74. The third kappa shape index (κ3) is 2.84. The molecule has 0 bridgehead atoms. The molecule has 108 valence electrons. The fraction of sp³-hybridized carbons (Fsp3) is 0.615. The second-order valence-electron chi connectivity index (χ2n) is 5.83. The summed E-state index contributed by atoms with van der Waals surface area (Å²) in [7, 11) is 0. The van der Waals surface area contributed by atoms with E-state index in [2.05, 4.69) is 40.0 Å². The lowest BCUT2D eigenvalue weighted by molar-refractivity contribution is 0.0396. The molecule has 0 spiro atoms. The van der Waals surface area contributed by atoms with Gasteiger partial charge < -0.3 is 9.64 Å². The monoisotopic (exact) mass is 310 g/mol. The highest BCUT2D eigenvalue weighted by Gasteiger charge is 2.27. The first kappa shape index (κ1) is 13.9. The Balaban J connectivity index is 1.75. The first-order chi connectivity index (χ1) is 9.54. The molecule has 2 aromatic heterocycles. The van der Waals surface area contributed by atoms with Gasteiger partial charge in [0, 0.05) is 35.1 Å². The van der Waals surface area contributed by atoms with Crippen LogP contribution >= 0.6 is 22.9 Å². The van der Waals surface area contributed by atoms with E-state index in [-0.39, 0.29) is 11.5 Å². The minimum atomic E-state index is -0.00422. The molecule has 3 rings (SSSR count). The number of nitrogens with zero attached hydrogens (tertiary/aromatic N) is 4. The van der Waals surface area contributed by atoms with Crippen LogP contribution in [-0.4, -0.2) is 34.0 Å². The summed E-state index contributed by atoms with van der Waals surface area (Å²) in [5, 5.41) is 4.01. The van der Waals surface area contributed by atoms with Crippen LogP contribution in [0.3, 0.4) is 0 Å². The molecule has 0 N–H and O–H groups in total. The molecule has 7 heteroatoms. The highest BCUT2D eigenvalue weighted by Crippen LogP contribution is 2.30. The van der Waals surface area contributed by atoms with Crippen LogP contribution < -0.4 is 4.90 Å². The van der Waals surface area contributed by atoms with E-state index in [9.17, 15) is 0 Å². The van der Waals surface area contributed by atoms with Gasteiger partial charge in [-0.2, -0.15) is 4.37 Å². The fourth-order valence-corrected chi connectivity index (χ4v) is 3.58. The minimum absolute atomic E-state index is 0.00422. The Labute approximate surface area is 126 Å². The van der Waals surface area contributed by atoms with Gasteiger partial charge in [0.15, 0.2) is 0 Å². The molecule has 1 aliphatic rings. The van der Waals surface area contributed by atoms with Crippen molar-refractivity contribution in [1.29, 1.82) is 0 Å². The van der Waals surface area contributed by atoms with Crippen LogP contribution in [0.5, 0.6) is 0 Å². The van der Waals surface area contributed by atoms with Gasteiger partial charge in [0.05, 0.1) is 13.2 Å².